The Balaban J connectivity index is 2.19. The lowest BCUT2D eigenvalue weighted by Gasteiger charge is -2.06. The molecular weight excluding hydrogens is 312 g/mol. The van der Waals surface area contributed by atoms with Crippen LogP contribution in [0.4, 0.5) is 0 Å². The summed E-state index contributed by atoms with van der Waals surface area (Å²) in [4.78, 5) is 23.3. The summed E-state index contributed by atoms with van der Waals surface area (Å²) < 4.78 is 24.1. The molecule has 0 aliphatic heterocycles. The van der Waals surface area contributed by atoms with E-state index in [1.807, 2.05) is 0 Å². The lowest BCUT2D eigenvalue weighted by atomic mass is 10.1. The van der Waals surface area contributed by atoms with E-state index in [1.165, 1.54) is 29.5 Å². The van der Waals surface area contributed by atoms with E-state index in [0.29, 0.717) is 4.88 Å². The van der Waals surface area contributed by atoms with Gasteiger partial charge in [0.15, 0.2) is 15.6 Å². The first-order valence-corrected chi connectivity index (χ1v) is 8.67. The summed E-state index contributed by atoms with van der Waals surface area (Å²) >= 11 is 1.18. The van der Waals surface area contributed by atoms with Gasteiger partial charge in [-0.15, -0.1) is 11.3 Å². The minimum Gasteiger partial charge on any atom is -0.478 e. The number of sulfone groups is 1. The molecule has 7 heteroatoms. The highest BCUT2D eigenvalue weighted by atomic mass is 32.2. The monoisotopic (exact) mass is 324 g/mol. The highest BCUT2D eigenvalue weighted by Gasteiger charge is 2.21. The molecule has 1 aromatic heterocycles. The maximum absolute atomic E-state index is 12.1. The smallest absolute Gasteiger partial charge is 0.335 e. The van der Waals surface area contributed by atoms with Crippen LogP contribution in [0.25, 0.3) is 0 Å². The van der Waals surface area contributed by atoms with Crippen LogP contribution in [0.15, 0.2) is 41.8 Å². The Hall–Kier alpha value is -1.99. The van der Waals surface area contributed by atoms with E-state index in [1.54, 1.807) is 23.6 Å². The second-order valence-corrected chi connectivity index (χ2v) is 7.41. The summed E-state index contributed by atoms with van der Waals surface area (Å²) in [7, 11) is -3.72. The summed E-state index contributed by atoms with van der Waals surface area (Å²) in [5.41, 5.74) is 0.119. The number of carboxylic acids is 1. The normalized spacial score (nSPS) is 11.2. The Bertz CT molecular complexity index is 760. The number of benzene rings is 1. The molecular formula is C14H12O5S2. The first-order chi connectivity index (χ1) is 9.89. The number of ketones is 1. The van der Waals surface area contributed by atoms with E-state index < -0.39 is 33.1 Å². The van der Waals surface area contributed by atoms with Crippen molar-refractivity contribution in [3.05, 3.63) is 57.8 Å². The van der Waals surface area contributed by atoms with Gasteiger partial charge >= 0.3 is 5.97 Å². The van der Waals surface area contributed by atoms with E-state index in [-0.39, 0.29) is 11.1 Å². The van der Waals surface area contributed by atoms with Gasteiger partial charge in [-0.3, -0.25) is 4.79 Å². The molecule has 0 bridgehead atoms. The summed E-state index contributed by atoms with van der Waals surface area (Å²) in [6.45, 7) is 0. The van der Waals surface area contributed by atoms with Crippen molar-refractivity contribution in [2.24, 2.45) is 0 Å². The third-order valence-corrected chi connectivity index (χ3v) is 5.13. The van der Waals surface area contributed by atoms with Crippen molar-refractivity contribution in [3.8, 4) is 0 Å². The molecule has 0 atom stereocenters. The van der Waals surface area contributed by atoms with Crippen LogP contribution in [0.1, 0.15) is 25.6 Å². The number of Topliss-reactive ketones (excluding diaryl/α,β-unsaturated/α-hetero) is 1. The quantitative estimate of drug-likeness (QED) is 0.823. The number of carbonyl (C=O) groups is 2. The van der Waals surface area contributed by atoms with Gasteiger partial charge in [0.05, 0.1) is 16.2 Å². The van der Waals surface area contributed by atoms with Crippen molar-refractivity contribution in [2.45, 2.75) is 5.75 Å². The predicted molar refractivity (Wildman–Crippen MR) is 79.5 cm³/mol. The lowest BCUT2D eigenvalue weighted by molar-refractivity contribution is 0.0696. The average molecular weight is 324 g/mol. The van der Waals surface area contributed by atoms with Crippen LogP contribution in [-0.2, 0) is 15.6 Å². The number of carbonyl (C=O) groups excluding carboxylic acids is 1. The van der Waals surface area contributed by atoms with Gasteiger partial charge in [0.25, 0.3) is 0 Å². The van der Waals surface area contributed by atoms with Crippen LogP contribution in [0.2, 0.25) is 0 Å². The molecule has 0 radical (unpaired) electrons. The summed E-state index contributed by atoms with van der Waals surface area (Å²) in [6, 6.07) is 9.11. The number of aromatic carboxylic acids is 1. The van der Waals surface area contributed by atoms with E-state index in [9.17, 15) is 18.0 Å². The Morgan fingerprint density at radius 3 is 2.43 bits per heavy atom. The molecule has 0 fully saturated rings. The van der Waals surface area contributed by atoms with Crippen molar-refractivity contribution in [3.63, 3.8) is 0 Å². The molecule has 1 heterocycles. The Morgan fingerprint density at radius 1 is 1.10 bits per heavy atom. The fourth-order valence-corrected chi connectivity index (χ4v) is 3.99. The molecule has 0 aliphatic rings. The number of thiophene rings is 1. The van der Waals surface area contributed by atoms with Gasteiger partial charge in [0, 0.05) is 0 Å². The Labute approximate surface area is 125 Å². The van der Waals surface area contributed by atoms with Crippen LogP contribution in [0.5, 0.6) is 0 Å². The number of hydrogen-bond donors (Lipinski definition) is 1. The van der Waals surface area contributed by atoms with Gasteiger partial charge < -0.3 is 5.11 Å². The number of hydrogen-bond acceptors (Lipinski definition) is 5. The maximum atomic E-state index is 12.1. The van der Waals surface area contributed by atoms with Crippen molar-refractivity contribution in [1.29, 1.82) is 0 Å². The van der Waals surface area contributed by atoms with Crippen LogP contribution in [-0.4, -0.2) is 31.0 Å². The topological polar surface area (TPSA) is 88.5 Å². The van der Waals surface area contributed by atoms with Crippen LogP contribution in [0, 0.1) is 0 Å². The molecule has 1 N–H and O–H groups in total. The zero-order valence-electron chi connectivity index (χ0n) is 10.9. The van der Waals surface area contributed by atoms with E-state index >= 15 is 0 Å². The van der Waals surface area contributed by atoms with Crippen molar-refractivity contribution >= 4 is 32.9 Å². The minimum atomic E-state index is -3.72. The van der Waals surface area contributed by atoms with Crippen LogP contribution < -0.4 is 0 Å². The zero-order chi connectivity index (χ0) is 15.5. The van der Waals surface area contributed by atoms with Crippen LogP contribution >= 0.6 is 11.3 Å². The SMILES string of the molecule is O=C(CS(=O)(=O)Cc1ccccc1C(=O)O)c1cccs1. The van der Waals surface area contributed by atoms with Gasteiger partial charge in [-0.05, 0) is 23.1 Å². The van der Waals surface area contributed by atoms with Gasteiger partial charge in [-0.25, -0.2) is 13.2 Å². The van der Waals surface area contributed by atoms with Gasteiger partial charge in [-0.2, -0.15) is 0 Å². The summed E-state index contributed by atoms with van der Waals surface area (Å²) in [5, 5.41) is 10.7. The minimum absolute atomic E-state index is 0.0651. The Morgan fingerprint density at radius 2 is 1.81 bits per heavy atom. The molecule has 0 amide bonds. The highest BCUT2D eigenvalue weighted by molar-refractivity contribution is 7.91. The summed E-state index contributed by atoms with van der Waals surface area (Å²) in [6.07, 6.45) is 0. The largest absolute Gasteiger partial charge is 0.478 e. The first-order valence-electron chi connectivity index (χ1n) is 5.97. The second-order valence-electron chi connectivity index (χ2n) is 4.40. The highest BCUT2D eigenvalue weighted by Crippen LogP contribution is 2.16. The Kier molecular flexibility index (Phi) is 4.54. The molecule has 0 spiro atoms. The average Bonchev–Trinajstić information content (AvgIpc) is 2.91. The predicted octanol–water partition coefficient (Wildman–Crippen LogP) is 2.24. The molecule has 0 saturated carbocycles. The molecule has 5 nitrogen and oxygen atoms in total. The van der Waals surface area contributed by atoms with Crippen LogP contribution in [0.3, 0.4) is 0 Å². The molecule has 0 aliphatic carbocycles. The molecule has 21 heavy (non-hydrogen) atoms. The molecule has 2 rings (SSSR count). The third-order valence-electron chi connectivity index (χ3n) is 2.77. The lowest BCUT2D eigenvalue weighted by Crippen LogP contribution is -2.18. The van der Waals surface area contributed by atoms with E-state index in [0.717, 1.165) is 0 Å². The molecule has 2 aromatic rings. The number of carboxylic acid groups (broad SMARTS) is 1. The number of rotatable bonds is 6. The van der Waals surface area contributed by atoms with Crippen molar-refractivity contribution in [2.75, 3.05) is 5.75 Å². The molecule has 1 aromatic carbocycles. The van der Waals surface area contributed by atoms with E-state index in [4.69, 9.17) is 5.11 Å². The fraction of sp³-hybridized carbons (Fsp3) is 0.143. The first kappa shape index (κ1) is 15.4. The van der Waals surface area contributed by atoms with Crippen molar-refractivity contribution in [1.82, 2.24) is 0 Å². The zero-order valence-corrected chi connectivity index (χ0v) is 12.5. The fourth-order valence-electron chi connectivity index (χ4n) is 1.85. The van der Waals surface area contributed by atoms with E-state index in [2.05, 4.69) is 0 Å². The second kappa shape index (κ2) is 6.19. The molecule has 110 valence electrons. The molecule has 0 saturated heterocycles. The molecule has 0 unspecified atom stereocenters. The van der Waals surface area contributed by atoms with Crippen molar-refractivity contribution < 1.29 is 23.1 Å². The standard InChI is InChI=1S/C14H12O5S2/c15-12(13-6-3-7-20-13)9-21(18,19)8-10-4-1-2-5-11(10)14(16)17/h1-7H,8-9H2,(H,16,17). The van der Waals surface area contributed by atoms with Gasteiger partial charge in [0.2, 0.25) is 0 Å². The third kappa shape index (κ3) is 3.99. The summed E-state index contributed by atoms with van der Waals surface area (Å²) in [5.74, 6) is -2.75. The van der Waals surface area contributed by atoms with Gasteiger partial charge in [0.1, 0.15) is 5.75 Å². The maximum Gasteiger partial charge on any atom is 0.335 e. The van der Waals surface area contributed by atoms with Gasteiger partial charge in [-0.1, -0.05) is 24.3 Å².